The van der Waals surface area contributed by atoms with Gasteiger partial charge in [-0.1, -0.05) is 30.7 Å². The molecule has 1 spiro atoms. The van der Waals surface area contributed by atoms with Crippen molar-refractivity contribution in [1.82, 2.24) is 30.2 Å². The van der Waals surface area contributed by atoms with Gasteiger partial charge in [-0.25, -0.2) is 0 Å². The number of carbonyl (C=O) groups excluding carboxylic acids is 3. The average Bonchev–Trinajstić information content (AvgIpc) is 3.58. The third-order valence-electron chi connectivity index (χ3n) is 10.8. The first-order valence-electron chi connectivity index (χ1n) is 17.1. The van der Waals surface area contributed by atoms with Crippen LogP contribution in [0.25, 0.3) is 10.9 Å². The highest BCUT2D eigenvalue weighted by Crippen LogP contribution is 2.44. The first-order chi connectivity index (χ1) is 22.4. The Morgan fingerprint density at radius 2 is 1.80 bits per heavy atom. The molecule has 3 saturated heterocycles. The maximum atomic E-state index is 13.1. The number of aromatic amines is 1. The van der Waals surface area contributed by atoms with Crippen LogP contribution >= 0.6 is 0 Å². The predicted molar refractivity (Wildman–Crippen MR) is 181 cm³/mol. The number of benzene rings is 2. The van der Waals surface area contributed by atoms with Gasteiger partial charge in [0, 0.05) is 55.1 Å². The third kappa shape index (κ3) is 6.98. The topological polar surface area (TPSA) is 114 Å². The van der Waals surface area contributed by atoms with Gasteiger partial charge in [0.2, 0.25) is 18.2 Å². The van der Waals surface area contributed by atoms with E-state index in [1.54, 1.807) is 4.90 Å². The van der Waals surface area contributed by atoms with Gasteiger partial charge in [0.05, 0.1) is 17.8 Å². The molecular formula is C36H49N7O3. The van der Waals surface area contributed by atoms with Gasteiger partial charge in [0.15, 0.2) is 0 Å². The van der Waals surface area contributed by atoms with Gasteiger partial charge in [-0.15, -0.1) is 0 Å². The van der Waals surface area contributed by atoms with E-state index in [-0.39, 0.29) is 23.3 Å². The second-order valence-electron chi connectivity index (χ2n) is 13.6. The molecule has 0 radical (unpaired) electrons. The lowest BCUT2D eigenvalue weighted by molar-refractivity contribution is -0.135. The van der Waals surface area contributed by atoms with Gasteiger partial charge in [0.1, 0.15) is 0 Å². The number of nitrogens with one attached hydrogen (secondary N) is 3. The molecule has 0 bridgehead atoms. The van der Waals surface area contributed by atoms with Crippen LogP contribution in [0.2, 0.25) is 0 Å². The smallest absolute Gasteiger partial charge is 0.240 e. The lowest BCUT2D eigenvalue weighted by Crippen LogP contribution is -2.52. The molecule has 3 fully saturated rings. The molecule has 0 aliphatic carbocycles. The van der Waals surface area contributed by atoms with E-state index in [1.165, 1.54) is 49.0 Å². The SMILES string of the molecule is CNC(Cc1cc(C)c2[nH]ncc2c1)C(=O)N1CCC(N2CCCCC2)CC1.O=CN1CCC2(CC1)CC(=O)Nc1ccccc12. The van der Waals surface area contributed by atoms with Crippen LogP contribution in [0.4, 0.5) is 5.69 Å². The fraction of sp³-hybridized carbons (Fsp3) is 0.556. The number of fused-ring (bicyclic) bond motifs is 3. The number of anilines is 1. The molecule has 10 heteroatoms. The molecule has 1 atom stereocenters. The number of likely N-dealkylation sites (tertiary alicyclic amines) is 3. The van der Waals surface area contributed by atoms with Crippen molar-refractivity contribution >= 4 is 34.8 Å². The van der Waals surface area contributed by atoms with Crippen molar-refractivity contribution in [3.63, 3.8) is 0 Å². The predicted octanol–water partition coefficient (Wildman–Crippen LogP) is 4.00. The van der Waals surface area contributed by atoms with E-state index < -0.39 is 0 Å². The standard InChI is InChI=1S/C22H33N5O.C14H16N2O2/c1-16-12-17(13-18-15-24-25-21(16)18)14-20(23-2)22(28)27-10-6-19(7-11-27)26-8-4-3-5-9-26;17-10-16-7-5-14(6-8-16)9-13(18)15-12-4-2-1-3-11(12)14/h12-13,15,19-20,23H,3-11,14H2,1-2H3,(H,24,25);1-4,10H,5-9H2,(H,15,18). The Bertz CT molecular complexity index is 1510. The number of likely N-dealkylation sites (N-methyl/N-ethyl adjacent to an activating group) is 1. The summed E-state index contributed by atoms with van der Waals surface area (Å²) in [6.07, 6.45) is 12.0. The molecule has 2 aromatic carbocycles. The summed E-state index contributed by atoms with van der Waals surface area (Å²) >= 11 is 0. The first kappa shape index (κ1) is 32.2. The van der Waals surface area contributed by atoms with Crippen LogP contribution in [0.5, 0.6) is 0 Å². The van der Waals surface area contributed by atoms with Crippen LogP contribution in [0, 0.1) is 6.92 Å². The number of nitrogens with zero attached hydrogens (tertiary/aromatic N) is 4. The molecule has 3 N–H and O–H groups in total. The molecule has 1 unspecified atom stereocenters. The van der Waals surface area contributed by atoms with Crippen molar-refractivity contribution < 1.29 is 14.4 Å². The minimum absolute atomic E-state index is 0.0710. The Labute approximate surface area is 272 Å². The van der Waals surface area contributed by atoms with Gasteiger partial charge in [-0.2, -0.15) is 5.10 Å². The Morgan fingerprint density at radius 3 is 2.52 bits per heavy atom. The van der Waals surface area contributed by atoms with Crippen molar-refractivity contribution in [3.8, 4) is 0 Å². The Morgan fingerprint density at radius 1 is 1.07 bits per heavy atom. The van der Waals surface area contributed by atoms with E-state index in [4.69, 9.17) is 0 Å². The summed E-state index contributed by atoms with van der Waals surface area (Å²) in [5.74, 6) is 0.331. The normalized spacial score (nSPS) is 20.9. The number of aryl methyl sites for hydroxylation is 1. The number of piperidine rings is 3. The Kier molecular flexibility index (Phi) is 10.0. The zero-order valence-electron chi connectivity index (χ0n) is 27.4. The molecule has 3 amide bonds. The van der Waals surface area contributed by atoms with Crippen LogP contribution in [-0.4, -0.2) is 102 Å². The fourth-order valence-corrected chi connectivity index (χ4v) is 8.09. The molecule has 5 heterocycles. The molecule has 3 aromatic rings. The number of amides is 3. The number of hydrogen-bond acceptors (Lipinski definition) is 6. The fourth-order valence-electron chi connectivity index (χ4n) is 8.09. The van der Waals surface area contributed by atoms with E-state index in [9.17, 15) is 14.4 Å². The number of rotatable bonds is 6. The number of carbonyl (C=O) groups is 3. The summed E-state index contributed by atoms with van der Waals surface area (Å²) in [5, 5.41) is 14.5. The van der Waals surface area contributed by atoms with E-state index in [1.807, 2.05) is 31.4 Å². The van der Waals surface area contributed by atoms with Crippen LogP contribution in [0.3, 0.4) is 0 Å². The van der Waals surface area contributed by atoms with E-state index in [0.717, 1.165) is 74.9 Å². The molecule has 4 aliphatic heterocycles. The van der Waals surface area contributed by atoms with E-state index in [0.29, 0.717) is 18.9 Å². The average molecular weight is 628 g/mol. The van der Waals surface area contributed by atoms with E-state index >= 15 is 0 Å². The maximum absolute atomic E-state index is 13.1. The molecule has 46 heavy (non-hydrogen) atoms. The van der Waals surface area contributed by atoms with Gasteiger partial charge in [-0.3, -0.25) is 19.5 Å². The molecule has 0 saturated carbocycles. The van der Waals surface area contributed by atoms with Crippen molar-refractivity contribution in [2.24, 2.45) is 0 Å². The Hall–Kier alpha value is -3.76. The molecule has 4 aliphatic rings. The molecule has 10 nitrogen and oxygen atoms in total. The molecule has 1 aromatic heterocycles. The number of aromatic nitrogens is 2. The van der Waals surface area contributed by atoms with Gasteiger partial charge in [0.25, 0.3) is 0 Å². The van der Waals surface area contributed by atoms with Crippen LogP contribution in [0.1, 0.15) is 68.1 Å². The van der Waals surface area contributed by atoms with E-state index in [2.05, 4.69) is 55.8 Å². The molecule has 246 valence electrons. The zero-order valence-corrected chi connectivity index (χ0v) is 27.4. The van der Waals surface area contributed by atoms with Crippen molar-refractivity contribution in [1.29, 1.82) is 0 Å². The number of H-pyrrole nitrogens is 1. The number of para-hydroxylation sites is 1. The summed E-state index contributed by atoms with van der Waals surface area (Å²) in [7, 11) is 1.90. The minimum atomic E-state index is -0.171. The summed E-state index contributed by atoms with van der Waals surface area (Å²) in [6, 6.07) is 12.8. The molecular weight excluding hydrogens is 578 g/mol. The summed E-state index contributed by atoms with van der Waals surface area (Å²) in [6.45, 7) is 7.83. The highest BCUT2D eigenvalue weighted by atomic mass is 16.2. The van der Waals surface area contributed by atoms with Gasteiger partial charge in [-0.05, 0) is 101 Å². The van der Waals surface area contributed by atoms with Crippen LogP contribution in [-0.2, 0) is 26.2 Å². The largest absolute Gasteiger partial charge is 0.345 e. The van der Waals surface area contributed by atoms with Gasteiger partial charge >= 0.3 is 0 Å². The van der Waals surface area contributed by atoms with Crippen LogP contribution < -0.4 is 10.6 Å². The monoisotopic (exact) mass is 627 g/mol. The second kappa shape index (κ2) is 14.3. The van der Waals surface area contributed by atoms with Gasteiger partial charge < -0.3 is 25.3 Å². The van der Waals surface area contributed by atoms with Crippen LogP contribution in [0.15, 0.2) is 42.6 Å². The van der Waals surface area contributed by atoms with Crippen molar-refractivity contribution in [3.05, 3.63) is 59.3 Å². The van der Waals surface area contributed by atoms with Crippen molar-refractivity contribution in [2.75, 3.05) is 51.6 Å². The summed E-state index contributed by atoms with van der Waals surface area (Å²) < 4.78 is 0. The first-order valence-corrected chi connectivity index (χ1v) is 17.1. The number of hydrogen-bond donors (Lipinski definition) is 3. The highest BCUT2D eigenvalue weighted by molar-refractivity contribution is 5.95. The Balaban J connectivity index is 0.000000178. The maximum Gasteiger partial charge on any atom is 0.240 e. The molecule has 7 rings (SSSR count). The lowest BCUT2D eigenvalue weighted by atomic mass is 9.68. The zero-order chi connectivity index (χ0) is 32.1. The minimum Gasteiger partial charge on any atom is -0.345 e. The third-order valence-corrected chi connectivity index (χ3v) is 10.8. The quantitative estimate of drug-likeness (QED) is 0.356. The summed E-state index contributed by atoms with van der Waals surface area (Å²) in [4.78, 5) is 42.3. The summed E-state index contributed by atoms with van der Waals surface area (Å²) in [5.41, 5.74) is 5.54. The highest BCUT2D eigenvalue weighted by Gasteiger charge is 2.42. The lowest BCUT2D eigenvalue weighted by Gasteiger charge is -2.43. The second-order valence-corrected chi connectivity index (χ2v) is 13.6. The van der Waals surface area contributed by atoms with Crippen molar-refractivity contribution in [2.45, 2.75) is 82.2 Å².